The molecule has 1 fully saturated rings. The number of thioether (sulfide) groups is 1. The van der Waals surface area contributed by atoms with Crippen LogP contribution in [0.25, 0.3) is 0 Å². The van der Waals surface area contributed by atoms with Crippen LogP contribution in [-0.4, -0.2) is 61.8 Å². The largest absolute Gasteiger partial charge is 0.385 e. The SMILES string of the molecule is COCCCNCCN1CC(C)SC(C)C1. The fourth-order valence-corrected chi connectivity index (χ4v) is 3.56. The van der Waals surface area contributed by atoms with Gasteiger partial charge < -0.3 is 10.1 Å². The first-order valence-electron chi connectivity index (χ1n) is 6.30. The second-order valence-electron chi connectivity index (χ2n) is 4.61. The van der Waals surface area contributed by atoms with Gasteiger partial charge in [-0.3, -0.25) is 4.90 Å². The van der Waals surface area contributed by atoms with Gasteiger partial charge in [0.05, 0.1) is 0 Å². The van der Waals surface area contributed by atoms with Gasteiger partial charge in [0.1, 0.15) is 0 Å². The van der Waals surface area contributed by atoms with Crippen molar-refractivity contribution in [3.05, 3.63) is 0 Å². The molecule has 0 aliphatic carbocycles. The molecule has 3 nitrogen and oxygen atoms in total. The molecule has 2 unspecified atom stereocenters. The summed E-state index contributed by atoms with van der Waals surface area (Å²) in [4.78, 5) is 2.58. The van der Waals surface area contributed by atoms with Crippen LogP contribution >= 0.6 is 11.8 Å². The predicted molar refractivity (Wildman–Crippen MR) is 72.3 cm³/mol. The molecule has 0 aromatic heterocycles. The lowest BCUT2D eigenvalue weighted by Crippen LogP contribution is -2.43. The lowest BCUT2D eigenvalue weighted by atomic mass is 10.3. The van der Waals surface area contributed by atoms with E-state index in [0.717, 1.165) is 36.6 Å². The first-order chi connectivity index (χ1) is 7.72. The first kappa shape index (κ1) is 14.3. The number of rotatable bonds is 7. The third-order valence-electron chi connectivity index (χ3n) is 2.80. The minimum absolute atomic E-state index is 0.789. The van der Waals surface area contributed by atoms with Crippen LogP contribution in [0.2, 0.25) is 0 Å². The van der Waals surface area contributed by atoms with Gasteiger partial charge in [0, 0.05) is 50.4 Å². The Hall–Kier alpha value is 0.230. The summed E-state index contributed by atoms with van der Waals surface area (Å²) in [5.41, 5.74) is 0. The van der Waals surface area contributed by atoms with E-state index in [2.05, 4.69) is 35.8 Å². The fourth-order valence-electron chi connectivity index (χ4n) is 2.17. The maximum Gasteiger partial charge on any atom is 0.0474 e. The lowest BCUT2D eigenvalue weighted by Gasteiger charge is -2.34. The second-order valence-corrected chi connectivity index (χ2v) is 6.49. The molecule has 4 heteroatoms. The zero-order chi connectivity index (χ0) is 11.8. The highest BCUT2D eigenvalue weighted by Crippen LogP contribution is 2.24. The average Bonchev–Trinajstić information content (AvgIpc) is 2.22. The zero-order valence-corrected chi connectivity index (χ0v) is 11.7. The summed E-state index contributed by atoms with van der Waals surface area (Å²) in [6.45, 7) is 11.4. The fraction of sp³-hybridized carbons (Fsp3) is 1.00. The smallest absolute Gasteiger partial charge is 0.0474 e. The molecule has 0 amide bonds. The molecular weight excluding hydrogens is 220 g/mol. The van der Waals surface area contributed by atoms with Gasteiger partial charge in [-0.05, 0) is 13.0 Å². The van der Waals surface area contributed by atoms with Crippen LogP contribution in [0.3, 0.4) is 0 Å². The van der Waals surface area contributed by atoms with E-state index in [1.165, 1.54) is 19.6 Å². The van der Waals surface area contributed by atoms with E-state index in [0.29, 0.717) is 0 Å². The number of nitrogens with zero attached hydrogens (tertiary/aromatic N) is 1. The highest BCUT2D eigenvalue weighted by Gasteiger charge is 2.21. The Bertz CT molecular complexity index is 170. The summed E-state index contributed by atoms with van der Waals surface area (Å²) in [5, 5.41) is 5.05. The van der Waals surface area contributed by atoms with Crippen molar-refractivity contribution >= 4 is 11.8 Å². The predicted octanol–water partition coefficient (Wildman–Crippen LogP) is 1.44. The van der Waals surface area contributed by atoms with Gasteiger partial charge in [-0.1, -0.05) is 13.8 Å². The molecule has 1 N–H and O–H groups in total. The number of hydrogen-bond donors (Lipinski definition) is 1. The highest BCUT2D eigenvalue weighted by molar-refractivity contribution is 8.00. The molecule has 1 aliphatic rings. The van der Waals surface area contributed by atoms with E-state index in [9.17, 15) is 0 Å². The Morgan fingerprint density at radius 1 is 1.25 bits per heavy atom. The van der Waals surface area contributed by atoms with Crippen LogP contribution in [0.4, 0.5) is 0 Å². The summed E-state index contributed by atoms with van der Waals surface area (Å²) in [6.07, 6.45) is 1.11. The van der Waals surface area contributed by atoms with Crippen molar-refractivity contribution in [2.75, 3.05) is 46.4 Å². The highest BCUT2D eigenvalue weighted by atomic mass is 32.2. The summed E-state index contributed by atoms with van der Waals surface area (Å²) in [6, 6.07) is 0. The Kier molecular flexibility index (Phi) is 7.45. The zero-order valence-electron chi connectivity index (χ0n) is 10.9. The maximum atomic E-state index is 5.01. The van der Waals surface area contributed by atoms with Crippen molar-refractivity contribution < 1.29 is 4.74 Å². The third kappa shape index (κ3) is 6.09. The van der Waals surface area contributed by atoms with Gasteiger partial charge in [0.15, 0.2) is 0 Å². The normalized spacial score (nSPS) is 27.2. The van der Waals surface area contributed by atoms with Crippen LogP contribution in [0.5, 0.6) is 0 Å². The molecular formula is C12H26N2OS. The molecule has 0 bridgehead atoms. The standard InChI is InChI=1S/C12H26N2OS/c1-11-9-14(10-12(2)16-11)7-6-13-5-4-8-15-3/h11-13H,4-10H2,1-3H3. The monoisotopic (exact) mass is 246 g/mol. The third-order valence-corrected chi connectivity index (χ3v) is 4.03. The molecule has 0 aromatic rings. The lowest BCUT2D eigenvalue weighted by molar-refractivity contribution is 0.193. The molecule has 1 rings (SSSR count). The van der Waals surface area contributed by atoms with Crippen molar-refractivity contribution in [3.63, 3.8) is 0 Å². The van der Waals surface area contributed by atoms with Gasteiger partial charge in [0.2, 0.25) is 0 Å². The second kappa shape index (κ2) is 8.34. The van der Waals surface area contributed by atoms with Gasteiger partial charge >= 0.3 is 0 Å². The average molecular weight is 246 g/mol. The Morgan fingerprint density at radius 2 is 1.94 bits per heavy atom. The molecule has 2 atom stereocenters. The van der Waals surface area contributed by atoms with Gasteiger partial charge in [-0.2, -0.15) is 11.8 Å². The van der Waals surface area contributed by atoms with Crippen molar-refractivity contribution in [1.29, 1.82) is 0 Å². The maximum absolute atomic E-state index is 5.01. The van der Waals surface area contributed by atoms with Crippen molar-refractivity contribution in [1.82, 2.24) is 10.2 Å². The van der Waals surface area contributed by atoms with Crippen molar-refractivity contribution in [3.8, 4) is 0 Å². The Labute approximate surface area is 104 Å². The molecule has 1 aliphatic heterocycles. The molecule has 1 heterocycles. The summed E-state index contributed by atoms with van der Waals surface area (Å²) < 4.78 is 5.01. The van der Waals surface area contributed by atoms with Crippen molar-refractivity contribution in [2.24, 2.45) is 0 Å². The number of nitrogens with one attached hydrogen (secondary N) is 1. The first-order valence-corrected chi connectivity index (χ1v) is 7.24. The topological polar surface area (TPSA) is 24.5 Å². The van der Waals surface area contributed by atoms with Gasteiger partial charge in [-0.25, -0.2) is 0 Å². The minimum atomic E-state index is 0.789. The molecule has 0 radical (unpaired) electrons. The molecule has 16 heavy (non-hydrogen) atoms. The summed E-state index contributed by atoms with van der Waals surface area (Å²) >= 11 is 2.12. The molecule has 1 saturated heterocycles. The van der Waals surface area contributed by atoms with E-state index >= 15 is 0 Å². The van der Waals surface area contributed by atoms with E-state index < -0.39 is 0 Å². The minimum Gasteiger partial charge on any atom is -0.385 e. The number of ether oxygens (including phenoxy) is 1. The molecule has 0 spiro atoms. The van der Waals surface area contributed by atoms with Crippen LogP contribution in [0, 0.1) is 0 Å². The summed E-state index contributed by atoms with van der Waals surface area (Å²) in [5.74, 6) is 0. The van der Waals surface area contributed by atoms with Crippen molar-refractivity contribution in [2.45, 2.75) is 30.8 Å². The molecule has 96 valence electrons. The van der Waals surface area contributed by atoms with Crippen LogP contribution in [0.15, 0.2) is 0 Å². The Balaban J connectivity index is 1.99. The quantitative estimate of drug-likeness (QED) is 0.687. The molecule has 0 saturated carbocycles. The molecule has 0 aromatic carbocycles. The Morgan fingerprint density at radius 3 is 2.56 bits per heavy atom. The van der Waals surface area contributed by atoms with Crippen LogP contribution in [0.1, 0.15) is 20.3 Å². The van der Waals surface area contributed by atoms with E-state index in [-0.39, 0.29) is 0 Å². The van der Waals surface area contributed by atoms with Crippen LogP contribution in [-0.2, 0) is 4.74 Å². The van der Waals surface area contributed by atoms with E-state index in [1.54, 1.807) is 7.11 Å². The van der Waals surface area contributed by atoms with E-state index in [4.69, 9.17) is 4.74 Å². The van der Waals surface area contributed by atoms with Gasteiger partial charge in [0.25, 0.3) is 0 Å². The van der Waals surface area contributed by atoms with Gasteiger partial charge in [-0.15, -0.1) is 0 Å². The van der Waals surface area contributed by atoms with Crippen LogP contribution < -0.4 is 5.32 Å². The van der Waals surface area contributed by atoms with E-state index in [1.807, 2.05) is 0 Å². The number of hydrogen-bond acceptors (Lipinski definition) is 4. The number of methoxy groups -OCH3 is 1. The summed E-state index contributed by atoms with van der Waals surface area (Å²) in [7, 11) is 1.76.